The first-order chi connectivity index (χ1) is 11.1. The minimum atomic E-state index is -0.0570. The Morgan fingerprint density at radius 3 is 2.83 bits per heavy atom. The number of urea groups is 1. The summed E-state index contributed by atoms with van der Waals surface area (Å²) in [5.74, 6) is 0.553. The third kappa shape index (κ3) is 4.23. The van der Waals surface area contributed by atoms with Crippen LogP contribution in [-0.4, -0.2) is 31.3 Å². The lowest BCUT2D eigenvalue weighted by molar-refractivity contribution is 0.0710. The van der Waals surface area contributed by atoms with Crippen molar-refractivity contribution in [3.8, 4) is 0 Å². The molecule has 0 radical (unpaired) electrons. The van der Waals surface area contributed by atoms with Crippen molar-refractivity contribution >= 4 is 17.4 Å². The van der Waals surface area contributed by atoms with Gasteiger partial charge in [0.05, 0.1) is 6.04 Å². The molecule has 2 amide bonds. The molecule has 5 nitrogen and oxygen atoms in total. The van der Waals surface area contributed by atoms with Gasteiger partial charge in [0.2, 0.25) is 0 Å². The Morgan fingerprint density at radius 2 is 2.30 bits per heavy atom. The number of amides is 2. The molecule has 1 aromatic heterocycles. The number of carbonyl (C=O) groups is 1. The molecule has 0 bridgehead atoms. The summed E-state index contributed by atoms with van der Waals surface area (Å²) in [6.45, 7) is 3.52. The highest BCUT2D eigenvalue weighted by Crippen LogP contribution is 2.44. The topological polar surface area (TPSA) is 63.2 Å². The van der Waals surface area contributed by atoms with Crippen molar-refractivity contribution in [1.82, 2.24) is 15.6 Å². The molecule has 2 aliphatic carbocycles. The van der Waals surface area contributed by atoms with Crippen molar-refractivity contribution in [2.45, 2.75) is 51.5 Å². The van der Waals surface area contributed by atoms with Gasteiger partial charge in [0.1, 0.15) is 5.01 Å². The molecule has 3 rings (SSSR count). The Bertz CT molecular complexity index is 538. The van der Waals surface area contributed by atoms with E-state index >= 15 is 0 Å². The van der Waals surface area contributed by atoms with Crippen LogP contribution in [0.5, 0.6) is 0 Å². The number of ether oxygens (including phenoxy) is 1. The molecule has 1 atom stereocenters. The van der Waals surface area contributed by atoms with Gasteiger partial charge in [0.15, 0.2) is 0 Å². The molecule has 1 heterocycles. The fourth-order valence-electron chi connectivity index (χ4n) is 3.30. The second kappa shape index (κ2) is 7.18. The molecule has 0 aliphatic heterocycles. The SMILES string of the molecule is COCCC1(CNC(=O)NC(c2nc(C)cs2)C2CC2)CCC1. The summed E-state index contributed by atoms with van der Waals surface area (Å²) in [7, 11) is 1.74. The van der Waals surface area contributed by atoms with Crippen molar-refractivity contribution in [3.63, 3.8) is 0 Å². The number of rotatable bonds is 8. The molecule has 128 valence electrons. The van der Waals surface area contributed by atoms with Crippen LogP contribution >= 0.6 is 11.3 Å². The van der Waals surface area contributed by atoms with E-state index in [9.17, 15) is 4.79 Å². The maximum atomic E-state index is 12.3. The molecule has 2 N–H and O–H groups in total. The van der Waals surface area contributed by atoms with Crippen LogP contribution in [0.15, 0.2) is 5.38 Å². The van der Waals surface area contributed by atoms with Crippen molar-refractivity contribution in [1.29, 1.82) is 0 Å². The summed E-state index contributed by atoms with van der Waals surface area (Å²) in [5.41, 5.74) is 1.28. The number of hydrogen-bond donors (Lipinski definition) is 2. The van der Waals surface area contributed by atoms with Gasteiger partial charge in [0.25, 0.3) is 0 Å². The number of carbonyl (C=O) groups excluding carboxylic acids is 1. The number of hydrogen-bond acceptors (Lipinski definition) is 4. The average Bonchev–Trinajstić information content (AvgIpc) is 3.25. The number of aryl methyl sites for hydroxylation is 1. The first-order valence-corrected chi connectivity index (χ1v) is 9.45. The molecule has 1 aromatic rings. The molecule has 23 heavy (non-hydrogen) atoms. The molecule has 0 aromatic carbocycles. The Labute approximate surface area is 142 Å². The number of thiazole rings is 1. The van der Waals surface area contributed by atoms with Gasteiger partial charge in [-0.3, -0.25) is 0 Å². The maximum absolute atomic E-state index is 12.3. The largest absolute Gasteiger partial charge is 0.385 e. The van der Waals surface area contributed by atoms with Gasteiger partial charge in [-0.25, -0.2) is 9.78 Å². The minimum Gasteiger partial charge on any atom is -0.385 e. The smallest absolute Gasteiger partial charge is 0.315 e. The zero-order valence-electron chi connectivity index (χ0n) is 14.1. The van der Waals surface area contributed by atoms with E-state index in [1.807, 2.05) is 6.92 Å². The molecule has 2 fully saturated rings. The van der Waals surface area contributed by atoms with Gasteiger partial charge in [-0.2, -0.15) is 0 Å². The first-order valence-electron chi connectivity index (χ1n) is 8.57. The van der Waals surface area contributed by atoms with E-state index in [1.54, 1.807) is 18.4 Å². The second-order valence-electron chi connectivity index (χ2n) is 7.07. The molecule has 6 heteroatoms. The van der Waals surface area contributed by atoms with E-state index in [0.717, 1.165) is 30.3 Å². The third-order valence-corrected chi connectivity index (χ3v) is 6.20. The molecule has 2 saturated carbocycles. The standard InChI is InChI=1S/C17H27N3O2S/c1-12-10-23-15(19-12)14(13-4-5-13)20-16(21)18-11-17(6-3-7-17)8-9-22-2/h10,13-14H,3-9,11H2,1-2H3,(H2,18,20,21). The van der Waals surface area contributed by atoms with E-state index in [4.69, 9.17) is 4.74 Å². The van der Waals surface area contributed by atoms with Gasteiger partial charge in [-0.15, -0.1) is 11.3 Å². The predicted octanol–water partition coefficient (Wildman–Crippen LogP) is 3.41. The lowest BCUT2D eigenvalue weighted by Crippen LogP contribution is -2.47. The van der Waals surface area contributed by atoms with E-state index in [1.165, 1.54) is 32.1 Å². The summed E-state index contributed by atoms with van der Waals surface area (Å²) in [6.07, 6.45) is 7.03. The van der Waals surface area contributed by atoms with E-state index in [-0.39, 0.29) is 17.5 Å². The fourth-order valence-corrected chi connectivity index (χ4v) is 4.24. The number of aromatic nitrogens is 1. The van der Waals surface area contributed by atoms with Gasteiger partial charge in [0, 0.05) is 31.3 Å². The minimum absolute atomic E-state index is 0.0570. The molecular formula is C17H27N3O2S. The first kappa shape index (κ1) is 16.7. The normalized spacial score (nSPS) is 20.6. The van der Waals surface area contributed by atoms with Crippen LogP contribution in [0.25, 0.3) is 0 Å². The summed E-state index contributed by atoms with van der Waals surface area (Å²) in [6, 6.07) is 0.0171. The van der Waals surface area contributed by atoms with E-state index in [0.29, 0.717) is 5.92 Å². The van der Waals surface area contributed by atoms with Gasteiger partial charge < -0.3 is 15.4 Å². The van der Waals surface area contributed by atoms with Crippen LogP contribution in [-0.2, 0) is 4.74 Å². The number of methoxy groups -OCH3 is 1. The second-order valence-corrected chi connectivity index (χ2v) is 7.96. The maximum Gasteiger partial charge on any atom is 0.315 e. The van der Waals surface area contributed by atoms with Crippen LogP contribution in [0.2, 0.25) is 0 Å². The van der Waals surface area contributed by atoms with Crippen LogP contribution < -0.4 is 10.6 Å². The highest BCUT2D eigenvalue weighted by molar-refractivity contribution is 7.09. The van der Waals surface area contributed by atoms with Crippen LogP contribution in [0.3, 0.4) is 0 Å². The van der Waals surface area contributed by atoms with Gasteiger partial charge >= 0.3 is 6.03 Å². The molecule has 2 aliphatic rings. The highest BCUT2D eigenvalue weighted by Gasteiger charge is 2.38. The van der Waals surface area contributed by atoms with Crippen LogP contribution in [0.4, 0.5) is 4.79 Å². The van der Waals surface area contributed by atoms with Crippen LogP contribution in [0, 0.1) is 18.3 Å². The lowest BCUT2D eigenvalue weighted by atomic mass is 9.67. The summed E-state index contributed by atoms with van der Waals surface area (Å²) in [4.78, 5) is 16.9. The summed E-state index contributed by atoms with van der Waals surface area (Å²) >= 11 is 1.65. The van der Waals surface area contributed by atoms with Crippen LogP contribution in [0.1, 0.15) is 55.3 Å². The Balaban J connectivity index is 1.51. The summed E-state index contributed by atoms with van der Waals surface area (Å²) < 4.78 is 5.21. The molecule has 0 saturated heterocycles. The van der Waals surface area contributed by atoms with E-state index in [2.05, 4.69) is 21.0 Å². The van der Waals surface area contributed by atoms with Gasteiger partial charge in [-0.1, -0.05) is 6.42 Å². The Kier molecular flexibility index (Phi) is 5.21. The fraction of sp³-hybridized carbons (Fsp3) is 0.765. The lowest BCUT2D eigenvalue weighted by Gasteiger charge is -2.42. The van der Waals surface area contributed by atoms with Crippen molar-refractivity contribution in [2.24, 2.45) is 11.3 Å². The Morgan fingerprint density at radius 1 is 1.52 bits per heavy atom. The zero-order chi connectivity index (χ0) is 16.3. The quantitative estimate of drug-likeness (QED) is 0.764. The van der Waals surface area contributed by atoms with Gasteiger partial charge in [-0.05, 0) is 50.4 Å². The van der Waals surface area contributed by atoms with E-state index < -0.39 is 0 Å². The van der Waals surface area contributed by atoms with Crippen molar-refractivity contribution < 1.29 is 9.53 Å². The highest BCUT2D eigenvalue weighted by atomic mass is 32.1. The molecule has 1 unspecified atom stereocenters. The predicted molar refractivity (Wildman–Crippen MR) is 91.6 cm³/mol. The monoisotopic (exact) mass is 337 g/mol. The number of nitrogens with zero attached hydrogens (tertiary/aromatic N) is 1. The number of nitrogens with one attached hydrogen (secondary N) is 2. The summed E-state index contributed by atoms with van der Waals surface area (Å²) in [5, 5.41) is 9.34. The third-order valence-electron chi connectivity index (χ3n) is 5.16. The molecule has 0 spiro atoms. The molecular weight excluding hydrogens is 310 g/mol. The Hall–Kier alpha value is -1.14. The zero-order valence-corrected chi connectivity index (χ0v) is 14.9. The van der Waals surface area contributed by atoms with Crippen molar-refractivity contribution in [2.75, 3.05) is 20.3 Å². The average molecular weight is 337 g/mol. The van der Waals surface area contributed by atoms with Crippen molar-refractivity contribution in [3.05, 3.63) is 16.1 Å².